The normalized spacial score (nSPS) is 41.3. The van der Waals surface area contributed by atoms with E-state index in [9.17, 15) is 5.11 Å². The molecule has 0 amide bonds. The van der Waals surface area contributed by atoms with Crippen LogP contribution in [-0.4, -0.2) is 16.5 Å². The number of rotatable bonds is 3. The Labute approximate surface area is 78.9 Å². The number of hydrogen-bond acceptors (Lipinski definition) is 2. The number of allylic oxidation sites excluding steroid dienone is 2. The van der Waals surface area contributed by atoms with E-state index in [2.05, 4.69) is 6.92 Å². The Kier molecular flexibility index (Phi) is 1.86. The number of epoxide rings is 1. The molecule has 0 radical (unpaired) electrons. The van der Waals surface area contributed by atoms with Crippen molar-refractivity contribution in [2.24, 2.45) is 0 Å². The van der Waals surface area contributed by atoms with Crippen LogP contribution in [0.25, 0.3) is 0 Å². The van der Waals surface area contributed by atoms with Crippen molar-refractivity contribution in [2.45, 2.75) is 44.5 Å². The molecular formula is C11H16O2. The molecule has 2 nitrogen and oxygen atoms in total. The Hall–Kier alpha value is -0.600. The first-order chi connectivity index (χ1) is 6.12. The van der Waals surface area contributed by atoms with Gasteiger partial charge in [0.15, 0.2) is 0 Å². The fourth-order valence-electron chi connectivity index (χ4n) is 1.89. The average molecular weight is 180 g/mol. The summed E-state index contributed by atoms with van der Waals surface area (Å²) in [5.41, 5.74) is 0.588. The first kappa shape index (κ1) is 8.97. The summed E-state index contributed by atoms with van der Waals surface area (Å²) in [4.78, 5) is 0. The molecule has 0 spiro atoms. The number of ether oxygens (including phenoxy) is 1. The van der Waals surface area contributed by atoms with E-state index < -0.39 is 11.4 Å². The Morgan fingerprint density at radius 3 is 3.00 bits per heavy atom. The summed E-state index contributed by atoms with van der Waals surface area (Å²) in [6, 6.07) is 0. The van der Waals surface area contributed by atoms with E-state index in [1.54, 1.807) is 0 Å². The highest BCUT2D eigenvalue weighted by Crippen LogP contribution is 2.54. The van der Waals surface area contributed by atoms with E-state index in [1.165, 1.54) is 0 Å². The van der Waals surface area contributed by atoms with Crippen molar-refractivity contribution in [1.29, 1.82) is 0 Å². The second kappa shape index (κ2) is 2.69. The Balaban J connectivity index is 2.11. The Bertz CT molecular complexity index is 280. The van der Waals surface area contributed by atoms with Crippen LogP contribution in [0.15, 0.2) is 23.8 Å². The predicted molar refractivity (Wildman–Crippen MR) is 51.2 cm³/mol. The second-order valence-electron chi connectivity index (χ2n) is 4.01. The van der Waals surface area contributed by atoms with Crippen molar-refractivity contribution in [3.05, 3.63) is 23.8 Å². The van der Waals surface area contributed by atoms with Gasteiger partial charge in [-0.05, 0) is 31.4 Å². The van der Waals surface area contributed by atoms with Crippen molar-refractivity contribution in [3.8, 4) is 0 Å². The first-order valence-corrected chi connectivity index (χ1v) is 4.94. The molecule has 0 bridgehead atoms. The summed E-state index contributed by atoms with van der Waals surface area (Å²) in [7, 11) is 0. The summed E-state index contributed by atoms with van der Waals surface area (Å²) < 4.78 is 5.36. The molecule has 2 rings (SSSR count). The smallest absolute Gasteiger partial charge is 0.223 e. The van der Waals surface area contributed by atoms with Crippen LogP contribution in [0.4, 0.5) is 0 Å². The van der Waals surface area contributed by atoms with Gasteiger partial charge in [0, 0.05) is 0 Å². The quantitative estimate of drug-likeness (QED) is 0.675. The molecule has 1 aliphatic carbocycles. The Morgan fingerprint density at radius 1 is 1.54 bits per heavy atom. The highest BCUT2D eigenvalue weighted by molar-refractivity contribution is 5.40. The molecular weight excluding hydrogens is 164 g/mol. The van der Waals surface area contributed by atoms with Crippen LogP contribution in [-0.2, 0) is 4.74 Å². The minimum atomic E-state index is -0.975. The van der Waals surface area contributed by atoms with Gasteiger partial charge >= 0.3 is 0 Å². The SMILES string of the molecule is CCCCC1=CC=CC2(C)OC12O. The number of fused-ring (bicyclic) bond motifs is 1. The van der Waals surface area contributed by atoms with Gasteiger partial charge in [0.05, 0.1) is 0 Å². The van der Waals surface area contributed by atoms with E-state index in [-0.39, 0.29) is 0 Å². The molecule has 0 aromatic carbocycles. The maximum Gasteiger partial charge on any atom is 0.223 e. The number of aliphatic hydroxyl groups is 1. The lowest BCUT2D eigenvalue weighted by atomic mass is 9.90. The van der Waals surface area contributed by atoms with E-state index in [0.717, 1.165) is 24.8 Å². The fourth-order valence-corrected chi connectivity index (χ4v) is 1.89. The third kappa shape index (κ3) is 1.17. The molecule has 1 saturated heterocycles. The Morgan fingerprint density at radius 2 is 2.31 bits per heavy atom. The number of unbranched alkanes of at least 4 members (excludes halogenated alkanes) is 1. The van der Waals surface area contributed by atoms with Crippen LogP contribution < -0.4 is 0 Å². The summed E-state index contributed by atoms with van der Waals surface area (Å²) in [6.07, 6.45) is 9.07. The maximum absolute atomic E-state index is 10.1. The molecule has 0 aromatic heterocycles. The molecule has 2 unspecified atom stereocenters. The minimum Gasteiger partial charge on any atom is -0.360 e. The van der Waals surface area contributed by atoms with Gasteiger partial charge in [-0.1, -0.05) is 25.5 Å². The van der Waals surface area contributed by atoms with E-state index >= 15 is 0 Å². The molecule has 72 valence electrons. The fraction of sp³-hybridized carbons (Fsp3) is 0.636. The zero-order chi connectivity index (χ0) is 9.53. The van der Waals surface area contributed by atoms with Gasteiger partial charge in [0.2, 0.25) is 5.79 Å². The van der Waals surface area contributed by atoms with Gasteiger partial charge in [-0.25, -0.2) is 0 Å². The van der Waals surface area contributed by atoms with Gasteiger partial charge < -0.3 is 9.84 Å². The molecule has 1 heterocycles. The van der Waals surface area contributed by atoms with Crippen LogP contribution in [0.3, 0.4) is 0 Å². The monoisotopic (exact) mass is 180 g/mol. The van der Waals surface area contributed by atoms with E-state index in [1.807, 2.05) is 25.2 Å². The van der Waals surface area contributed by atoms with Gasteiger partial charge in [0.1, 0.15) is 5.60 Å². The van der Waals surface area contributed by atoms with Crippen LogP contribution in [0, 0.1) is 0 Å². The van der Waals surface area contributed by atoms with Crippen molar-refractivity contribution < 1.29 is 9.84 Å². The van der Waals surface area contributed by atoms with Crippen LogP contribution in [0.1, 0.15) is 33.1 Å². The van der Waals surface area contributed by atoms with Gasteiger partial charge in [-0.2, -0.15) is 0 Å². The van der Waals surface area contributed by atoms with Gasteiger partial charge in [-0.15, -0.1) is 0 Å². The van der Waals surface area contributed by atoms with Crippen molar-refractivity contribution in [1.82, 2.24) is 0 Å². The van der Waals surface area contributed by atoms with Crippen molar-refractivity contribution in [2.75, 3.05) is 0 Å². The molecule has 0 aromatic rings. The molecule has 2 atom stereocenters. The lowest BCUT2D eigenvalue weighted by Crippen LogP contribution is -2.25. The zero-order valence-electron chi connectivity index (χ0n) is 8.21. The van der Waals surface area contributed by atoms with Crippen LogP contribution in [0.5, 0.6) is 0 Å². The largest absolute Gasteiger partial charge is 0.360 e. The van der Waals surface area contributed by atoms with Crippen LogP contribution in [0.2, 0.25) is 0 Å². The van der Waals surface area contributed by atoms with Gasteiger partial charge in [-0.3, -0.25) is 0 Å². The summed E-state index contributed by atoms with van der Waals surface area (Å²) in [5, 5.41) is 10.1. The lowest BCUT2D eigenvalue weighted by molar-refractivity contribution is 0.0676. The highest BCUT2D eigenvalue weighted by Gasteiger charge is 2.67. The standard InChI is InChI=1S/C11H16O2/c1-3-4-6-9-7-5-8-10(2)11(9,12)13-10/h5,7-8,12H,3-4,6H2,1-2H3. The summed E-state index contributed by atoms with van der Waals surface area (Å²) >= 11 is 0. The molecule has 1 N–H and O–H groups in total. The minimum absolute atomic E-state index is 0.440. The lowest BCUT2D eigenvalue weighted by Gasteiger charge is -2.15. The maximum atomic E-state index is 10.1. The zero-order valence-corrected chi connectivity index (χ0v) is 8.21. The van der Waals surface area contributed by atoms with E-state index in [4.69, 9.17) is 4.74 Å². The highest BCUT2D eigenvalue weighted by atomic mass is 16.7. The third-order valence-electron chi connectivity index (χ3n) is 2.94. The van der Waals surface area contributed by atoms with Gasteiger partial charge in [0.25, 0.3) is 0 Å². The predicted octanol–water partition coefficient (Wildman–Crippen LogP) is 2.15. The first-order valence-electron chi connectivity index (χ1n) is 4.94. The molecule has 2 aliphatic rings. The molecule has 13 heavy (non-hydrogen) atoms. The second-order valence-corrected chi connectivity index (χ2v) is 4.01. The molecule has 0 saturated carbocycles. The topological polar surface area (TPSA) is 32.8 Å². The number of hydrogen-bond donors (Lipinski definition) is 1. The molecule has 2 heteroatoms. The molecule has 1 fully saturated rings. The van der Waals surface area contributed by atoms with Crippen molar-refractivity contribution in [3.63, 3.8) is 0 Å². The van der Waals surface area contributed by atoms with E-state index in [0.29, 0.717) is 0 Å². The average Bonchev–Trinajstić information content (AvgIpc) is 2.65. The molecule has 1 aliphatic heterocycles. The third-order valence-corrected chi connectivity index (χ3v) is 2.94. The summed E-state index contributed by atoms with van der Waals surface area (Å²) in [6.45, 7) is 4.07. The summed E-state index contributed by atoms with van der Waals surface area (Å²) in [5.74, 6) is -0.975. The van der Waals surface area contributed by atoms with Crippen molar-refractivity contribution >= 4 is 0 Å². The van der Waals surface area contributed by atoms with Crippen LogP contribution >= 0.6 is 0 Å².